The van der Waals surface area contributed by atoms with Gasteiger partial charge in [-0.2, -0.15) is 0 Å². The SMILES string of the molecule is C=C(C)COc1cc(B(O)O)ccc1F. The summed E-state index contributed by atoms with van der Waals surface area (Å²) >= 11 is 0. The molecule has 0 atom stereocenters. The molecule has 3 nitrogen and oxygen atoms in total. The van der Waals surface area contributed by atoms with E-state index in [9.17, 15) is 4.39 Å². The van der Waals surface area contributed by atoms with Gasteiger partial charge < -0.3 is 14.8 Å². The molecule has 80 valence electrons. The summed E-state index contributed by atoms with van der Waals surface area (Å²) in [6.07, 6.45) is 0. The van der Waals surface area contributed by atoms with Crippen molar-refractivity contribution in [3.8, 4) is 5.75 Å². The Balaban J connectivity index is 2.85. The molecule has 1 aromatic rings. The fraction of sp³-hybridized carbons (Fsp3) is 0.200. The molecule has 0 heterocycles. The summed E-state index contributed by atoms with van der Waals surface area (Å²) in [7, 11) is -1.63. The molecule has 0 unspecified atom stereocenters. The minimum Gasteiger partial charge on any atom is -0.486 e. The molecule has 0 aliphatic rings. The second-order valence-corrected chi connectivity index (χ2v) is 3.31. The van der Waals surface area contributed by atoms with Crippen LogP contribution in [0, 0.1) is 5.82 Å². The zero-order valence-corrected chi connectivity index (χ0v) is 8.40. The van der Waals surface area contributed by atoms with Crippen LogP contribution < -0.4 is 10.2 Å². The highest BCUT2D eigenvalue weighted by atomic mass is 19.1. The van der Waals surface area contributed by atoms with Gasteiger partial charge in [-0.25, -0.2) is 4.39 Å². The monoisotopic (exact) mass is 210 g/mol. The average Bonchev–Trinajstić information content (AvgIpc) is 2.16. The lowest BCUT2D eigenvalue weighted by atomic mass is 9.80. The van der Waals surface area contributed by atoms with E-state index < -0.39 is 12.9 Å². The van der Waals surface area contributed by atoms with Crippen LogP contribution in [0.4, 0.5) is 4.39 Å². The highest BCUT2D eigenvalue weighted by Crippen LogP contribution is 2.15. The van der Waals surface area contributed by atoms with E-state index in [0.29, 0.717) is 0 Å². The van der Waals surface area contributed by atoms with Gasteiger partial charge in [-0.1, -0.05) is 12.6 Å². The van der Waals surface area contributed by atoms with Crippen molar-refractivity contribution in [3.05, 3.63) is 36.2 Å². The smallest absolute Gasteiger partial charge is 0.486 e. The molecule has 1 aromatic carbocycles. The van der Waals surface area contributed by atoms with E-state index >= 15 is 0 Å². The van der Waals surface area contributed by atoms with Crippen molar-refractivity contribution in [2.75, 3.05) is 6.61 Å². The van der Waals surface area contributed by atoms with Crippen molar-refractivity contribution in [1.29, 1.82) is 0 Å². The van der Waals surface area contributed by atoms with Gasteiger partial charge >= 0.3 is 7.12 Å². The maximum absolute atomic E-state index is 13.2. The molecule has 2 N–H and O–H groups in total. The summed E-state index contributed by atoms with van der Waals surface area (Å²) in [5, 5.41) is 17.8. The number of ether oxygens (including phenoxy) is 1. The minimum atomic E-state index is -1.63. The number of hydrogen-bond acceptors (Lipinski definition) is 3. The van der Waals surface area contributed by atoms with Gasteiger partial charge in [0.25, 0.3) is 0 Å². The van der Waals surface area contributed by atoms with Crippen LogP contribution in [0.15, 0.2) is 30.4 Å². The first-order valence-electron chi connectivity index (χ1n) is 4.43. The van der Waals surface area contributed by atoms with Crippen molar-refractivity contribution >= 4 is 12.6 Å². The zero-order valence-electron chi connectivity index (χ0n) is 8.40. The molecular weight excluding hydrogens is 198 g/mol. The summed E-state index contributed by atoms with van der Waals surface area (Å²) in [4.78, 5) is 0. The van der Waals surface area contributed by atoms with Gasteiger partial charge in [0.1, 0.15) is 6.61 Å². The molecule has 0 aliphatic carbocycles. The minimum absolute atomic E-state index is 0.0106. The molecule has 0 aromatic heterocycles. The Bertz CT molecular complexity index is 366. The molecule has 5 heteroatoms. The third-order valence-electron chi connectivity index (χ3n) is 1.73. The first-order valence-corrected chi connectivity index (χ1v) is 4.43. The molecule has 0 amide bonds. The zero-order chi connectivity index (χ0) is 11.4. The Morgan fingerprint density at radius 2 is 2.20 bits per heavy atom. The molecular formula is C10H12BFO3. The Kier molecular flexibility index (Phi) is 3.88. The topological polar surface area (TPSA) is 49.7 Å². The molecule has 0 aliphatic heterocycles. The van der Waals surface area contributed by atoms with Gasteiger partial charge in [0.15, 0.2) is 11.6 Å². The molecule has 1 rings (SSSR count). The van der Waals surface area contributed by atoms with Crippen LogP contribution >= 0.6 is 0 Å². The van der Waals surface area contributed by atoms with Crippen molar-refractivity contribution < 1.29 is 19.2 Å². The van der Waals surface area contributed by atoms with Gasteiger partial charge in [0.2, 0.25) is 0 Å². The first kappa shape index (κ1) is 11.7. The Morgan fingerprint density at radius 3 is 2.73 bits per heavy atom. The van der Waals surface area contributed by atoms with Crippen molar-refractivity contribution in [3.63, 3.8) is 0 Å². The number of benzene rings is 1. The maximum Gasteiger partial charge on any atom is 0.488 e. The van der Waals surface area contributed by atoms with E-state index in [1.165, 1.54) is 12.1 Å². The highest BCUT2D eigenvalue weighted by Gasteiger charge is 2.14. The summed E-state index contributed by atoms with van der Waals surface area (Å²) in [5.41, 5.74) is 0.942. The van der Waals surface area contributed by atoms with Gasteiger partial charge in [0.05, 0.1) is 0 Å². The molecule has 0 radical (unpaired) electrons. The second kappa shape index (κ2) is 4.95. The lowest BCUT2D eigenvalue weighted by Crippen LogP contribution is -2.29. The molecule has 0 fully saturated rings. The van der Waals surface area contributed by atoms with Crippen LogP contribution in [-0.4, -0.2) is 23.8 Å². The van der Waals surface area contributed by atoms with Gasteiger partial charge in [0, 0.05) is 0 Å². The van der Waals surface area contributed by atoms with Gasteiger partial charge in [-0.15, -0.1) is 0 Å². The summed E-state index contributed by atoms with van der Waals surface area (Å²) in [6.45, 7) is 5.56. The van der Waals surface area contributed by atoms with E-state index in [4.69, 9.17) is 14.8 Å². The number of rotatable bonds is 4. The van der Waals surface area contributed by atoms with Crippen LogP contribution in [-0.2, 0) is 0 Å². The summed E-state index contributed by atoms with van der Waals surface area (Å²) < 4.78 is 18.3. The molecule has 0 bridgehead atoms. The number of halogens is 1. The second-order valence-electron chi connectivity index (χ2n) is 3.31. The van der Waals surface area contributed by atoms with E-state index in [1.54, 1.807) is 6.92 Å². The number of hydrogen-bond donors (Lipinski definition) is 2. The van der Waals surface area contributed by atoms with Crippen LogP contribution in [0.1, 0.15) is 6.92 Å². The van der Waals surface area contributed by atoms with Crippen molar-refractivity contribution in [2.24, 2.45) is 0 Å². The van der Waals surface area contributed by atoms with E-state index in [2.05, 4.69) is 6.58 Å². The third kappa shape index (κ3) is 3.38. The fourth-order valence-corrected chi connectivity index (χ4v) is 0.992. The van der Waals surface area contributed by atoms with E-state index in [1.807, 2.05) is 0 Å². The van der Waals surface area contributed by atoms with E-state index in [0.717, 1.165) is 11.6 Å². The third-order valence-corrected chi connectivity index (χ3v) is 1.73. The fourth-order valence-electron chi connectivity index (χ4n) is 0.992. The van der Waals surface area contributed by atoms with Crippen LogP contribution in [0.2, 0.25) is 0 Å². The summed E-state index contributed by atoms with van der Waals surface area (Å²) in [6, 6.07) is 3.67. The Hall–Kier alpha value is -1.33. The highest BCUT2D eigenvalue weighted by molar-refractivity contribution is 6.58. The first-order chi connectivity index (χ1) is 7.00. The van der Waals surface area contributed by atoms with E-state index in [-0.39, 0.29) is 17.8 Å². The summed E-state index contributed by atoms with van der Waals surface area (Å²) in [5.74, 6) is -0.552. The molecule has 0 saturated heterocycles. The van der Waals surface area contributed by atoms with Crippen molar-refractivity contribution in [2.45, 2.75) is 6.92 Å². The standard InChI is InChI=1S/C10H12BFO3/c1-7(2)6-15-10-5-8(11(13)14)3-4-9(10)12/h3-5,13-14H,1,6H2,2H3. The quantitative estimate of drug-likeness (QED) is 0.560. The molecule has 0 saturated carbocycles. The lowest BCUT2D eigenvalue weighted by Gasteiger charge is -2.08. The predicted molar refractivity (Wildman–Crippen MR) is 56.5 cm³/mol. The molecule has 15 heavy (non-hydrogen) atoms. The molecule has 0 spiro atoms. The largest absolute Gasteiger partial charge is 0.488 e. The Morgan fingerprint density at radius 1 is 1.53 bits per heavy atom. The van der Waals surface area contributed by atoms with Crippen molar-refractivity contribution in [1.82, 2.24) is 0 Å². The van der Waals surface area contributed by atoms with Gasteiger partial charge in [-0.05, 0) is 30.1 Å². The van der Waals surface area contributed by atoms with Crippen LogP contribution in [0.25, 0.3) is 0 Å². The van der Waals surface area contributed by atoms with Gasteiger partial charge in [-0.3, -0.25) is 0 Å². The van der Waals surface area contributed by atoms with Crippen LogP contribution in [0.5, 0.6) is 5.75 Å². The lowest BCUT2D eigenvalue weighted by molar-refractivity contribution is 0.333. The van der Waals surface area contributed by atoms with Crippen LogP contribution in [0.3, 0.4) is 0 Å². The Labute approximate surface area is 88.0 Å². The maximum atomic E-state index is 13.2. The predicted octanol–water partition coefficient (Wildman–Crippen LogP) is 0.460. The average molecular weight is 210 g/mol. The normalized spacial score (nSPS) is 9.87.